The summed E-state index contributed by atoms with van der Waals surface area (Å²) in [6.45, 7) is 8.57. The van der Waals surface area contributed by atoms with Gasteiger partial charge in [-0.25, -0.2) is 5.43 Å². The van der Waals surface area contributed by atoms with Gasteiger partial charge in [0.25, 0.3) is 11.8 Å². The predicted octanol–water partition coefficient (Wildman–Crippen LogP) is 6.52. The normalized spacial score (nSPS) is 12.3. The molecular formula is C30H30Cl2N4O2. The molecule has 196 valence electrons. The Kier molecular flexibility index (Phi) is 8.55. The molecule has 6 nitrogen and oxygen atoms in total. The van der Waals surface area contributed by atoms with Gasteiger partial charge in [0.15, 0.2) is 0 Å². The molecular weight excluding hydrogens is 519 g/mol. The molecule has 2 amide bonds. The number of carbonyl (C=O) groups is 2. The van der Waals surface area contributed by atoms with E-state index in [1.54, 1.807) is 18.3 Å². The Morgan fingerprint density at radius 2 is 1.74 bits per heavy atom. The molecule has 0 aliphatic carbocycles. The third-order valence-corrected chi connectivity index (χ3v) is 7.23. The van der Waals surface area contributed by atoms with Gasteiger partial charge in [0, 0.05) is 34.3 Å². The predicted molar refractivity (Wildman–Crippen MR) is 155 cm³/mol. The molecule has 0 radical (unpaired) electrons. The van der Waals surface area contributed by atoms with Crippen LogP contribution in [0.3, 0.4) is 0 Å². The average molecular weight is 550 g/mol. The molecule has 4 aromatic rings. The summed E-state index contributed by atoms with van der Waals surface area (Å²) in [6.07, 6.45) is 1.67. The van der Waals surface area contributed by atoms with Crippen LogP contribution in [0.2, 0.25) is 10.0 Å². The number of para-hydroxylation sites is 1. The average Bonchev–Trinajstić information content (AvgIpc) is 3.14. The highest BCUT2D eigenvalue weighted by atomic mass is 35.5. The van der Waals surface area contributed by atoms with Crippen LogP contribution in [0.5, 0.6) is 0 Å². The number of amides is 2. The molecule has 1 aromatic heterocycles. The highest BCUT2D eigenvalue weighted by molar-refractivity contribution is 6.42. The first-order valence-electron chi connectivity index (χ1n) is 12.4. The van der Waals surface area contributed by atoms with Gasteiger partial charge in [0.1, 0.15) is 6.04 Å². The van der Waals surface area contributed by atoms with Crippen molar-refractivity contribution < 1.29 is 9.59 Å². The molecule has 0 fully saturated rings. The van der Waals surface area contributed by atoms with E-state index in [-0.39, 0.29) is 10.9 Å². The van der Waals surface area contributed by atoms with Gasteiger partial charge in [-0.2, -0.15) is 5.10 Å². The molecule has 4 rings (SSSR count). The maximum atomic E-state index is 13.0. The second kappa shape index (κ2) is 11.8. The standard InChI is InChI=1S/C30H30Cl2N4O2/c1-18(2)28(34-29(37)22-12-13-25(31)26(32)15-22)30(38)35-33-16-24-20(4)36(27-11-6-5-10-23(24)27)17-21-9-7-8-19(3)14-21/h5-16,18,28H,17H2,1-4H3,(H,34,37)(H,35,38). The number of nitrogens with zero attached hydrogens (tertiary/aromatic N) is 2. The van der Waals surface area contributed by atoms with E-state index in [9.17, 15) is 9.59 Å². The van der Waals surface area contributed by atoms with Crippen LogP contribution in [0.1, 0.15) is 46.6 Å². The first kappa shape index (κ1) is 27.4. The Morgan fingerprint density at radius 1 is 0.974 bits per heavy atom. The van der Waals surface area contributed by atoms with Crippen LogP contribution in [-0.2, 0) is 11.3 Å². The summed E-state index contributed by atoms with van der Waals surface area (Å²) >= 11 is 12.0. The van der Waals surface area contributed by atoms with Crippen LogP contribution in [0, 0.1) is 19.8 Å². The molecule has 3 aromatic carbocycles. The molecule has 1 unspecified atom stereocenters. The minimum absolute atomic E-state index is 0.171. The van der Waals surface area contributed by atoms with Crippen molar-refractivity contribution in [1.82, 2.24) is 15.3 Å². The van der Waals surface area contributed by atoms with Gasteiger partial charge >= 0.3 is 0 Å². The smallest absolute Gasteiger partial charge is 0.262 e. The van der Waals surface area contributed by atoms with E-state index in [1.165, 1.54) is 17.2 Å². The Labute approximate surface area is 232 Å². The van der Waals surface area contributed by atoms with Gasteiger partial charge in [0.2, 0.25) is 0 Å². The summed E-state index contributed by atoms with van der Waals surface area (Å²) in [6, 6.07) is 20.4. The molecule has 1 atom stereocenters. The molecule has 0 aliphatic heterocycles. The van der Waals surface area contributed by atoms with Gasteiger partial charge in [-0.3, -0.25) is 9.59 Å². The second-order valence-corrected chi connectivity index (χ2v) is 10.5. The summed E-state index contributed by atoms with van der Waals surface area (Å²) < 4.78 is 2.25. The lowest BCUT2D eigenvalue weighted by molar-refractivity contribution is -0.123. The van der Waals surface area contributed by atoms with Crippen molar-refractivity contribution in [3.8, 4) is 0 Å². The van der Waals surface area contributed by atoms with E-state index in [1.807, 2.05) is 39.0 Å². The number of hydrogen-bond acceptors (Lipinski definition) is 3. The van der Waals surface area contributed by atoms with Crippen LogP contribution in [0.15, 0.2) is 71.8 Å². The highest BCUT2D eigenvalue weighted by Gasteiger charge is 2.25. The monoisotopic (exact) mass is 548 g/mol. The zero-order valence-corrected chi connectivity index (χ0v) is 23.3. The number of fused-ring (bicyclic) bond motifs is 1. The van der Waals surface area contributed by atoms with Gasteiger partial charge in [-0.1, -0.05) is 85.1 Å². The van der Waals surface area contributed by atoms with E-state index >= 15 is 0 Å². The molecule has 8 heteroatoms. The third-order valence-electron chi connectivity index (χ3n) is 6.49. The third kappa shape index (κ3) is 6.09. The summed E-state index contributed by atoms with van der Waals surface area (Å²) in [7, 11) is 0. The minimum Gasteiger partial charge on any atom is -0.340 e. The van der Waals surface area contributed by atoms with Crippen LogP contribution in [0.4, 0.5) is 0 Å². The Morgan fingerprint density at radius 3 is 2.45 bits per heavy atom. The molecule has 1 heterocycles. The first-order valence-corrected chi connectivity index (χ1v) is 13.1. The molecule has 0 aliphatic rings. The van der Waals surface area contributed by atoms with Crippen molar-refractivity contribution in [2.45, 2.75) is 40.3 Å². The number of benzene rings is 3. The number of carbonyl (C=O) groups excluding carboxylic acids is 2. The molecule has 38 heavy (non-hydrogen) atoms. The lowest BCUT2D eigenvalue weighted by atomic mass is 10.0. The number of hydrazone groups is 1. The molecule has 2 N–H and O–H groups in total. The number of rotatable bonds is 8. The van der Waals surface area contributed by atoms with Gasteiger partial charge < -0.3 is 9.88 Å². The fraction of sp³-hybridized carbons (Fsp3) is 0.233. The van der Waals surface area contributed by atoms with Crippen molar-refractivity contribution in [1.29, 1.82) is 0 Å². The van der Waals surface area contributed by atoms with Gasteiger partial charge in [0.05, 0.1) is 16.3 Å². The van der Waals surface area contributed by atoms with Crippen molar-refractivity contribution in [2.75, 3.05) is 0 Å². The topological polar surface area (TPSA) is 75.5 Å². The number of nitrogens with one attached hydrogen (secondary N) is 2. The van der Waals surface area contributed by atoms with Crippen molar-refractivity contribution in [2.24, 2.45) is 11.0 Å². The lowest BCUT2D eigenvalue weighted by Crippen LogP contribution is -2.48. The number of aromatic nitrogens is 1. The van der Waals surface area contributed by atoms with Crippen molar-refractivity contribution >= 4 is 52.1 Å². The SMILES string of the molecule is Cc1cccc(Cn2c(C)c(C=NNC(=O)C(NC(=O)c3ccc(Cl)c(Cl)c3)C(C)C)c3ccccc32)c1. The second-order valence-electron chi connectivity index (χ2n) is 9.65. The number of aryl methyl sites for hydroxylation is 1. The highest BCUT2D eigenvalue weighted by Crippen LogP contribution is 2.26. The quantitative estimate of drug-likeness (QED) is 0.194. The van der Waals surface area contributed by atoms with Crippen LogP contribution in [-0.4, -0.2) is 28.6 Å². The summed E-state index contributed by atoms with van der Waals surface area (Å²) in [4.78, 5) is 25.8. The maximum absolute atomic E-state index is 13.0. The van der Waals surface area contributed by atoms with E-state index in [2.05, 4.69) is 57.7 Å². The maximum Gasteiger partial charge on any atom is 0.262 e. The molecule has 0 saturated carbocycles. The summed E-state index contributed by atoms with van der Waals surface area (Å²) in [5.41, 5.74) is 8.41. The summed E-state index contributed by atoms with van der Waals surface area (Å²) in [5, 5.41) is 8.71. The van der Waals surface area contributed by atoms with Crippen molar-refractivity contribution in [3.63, 3.8) is 0 Å². The number of hydrogen-bond donors (Lipinski definition) is 2. The van der Waals surface area contributed by atoms with E-state index < -0.39 is 17.9 Å². The van der Waals surface area contributed by atoms with Crippen LogP contribution >= 0.6 is 23.2 Å². The lowest BCUT2D eigenvalue weighted by Gasteiger charge is -2.20. The van der Waals surface area contributed by atoms with Gasteiger partial charge in [-0.05, 0) is 49.6 Å². The molecule has 0 bridgehead atoms. The Balaban J connectivity index is 1.53. The molecule has 0 saturated heterocycles. The summed E-state index contributed by atoms with van der Waals surface area (Å²) in [5.74, 6) is -1.00. The van der Waals surface area contributed by atoms with Crippen LogP contribution < -0.4 is 10.7 Å². The van der Waals surface area contributed by atoms with E-state index in [0.717, 1.165) is 28.7 Å². The zero-order chi connectivity index (χ0) is 27.4. The van der Waals surface area contributed by atoms with Gasteiger partial charge in [-0.15, -0.1) is 0 Å². The largest absolute Gasteiger partial charge is 0.340 e. The molecule has 0 spiro atoms. The van der Waals surface area contributed by atoms with Crippen LogP contribution in [0.25, 0.3) is 10.9 Å². The fourth-order valence-corrected chi connectivity index (χ4v) is 4.74. The van der Waals surface area contributed by atoms with E-state index in [0.29, 0.717) is 10.6 Å². The Bertz CT molecular complexity index is 1520. The number of halogens is 2. The fourth-order valence-electron chi connectivity index (χ4n) is 4.44. The zero-order valence-electron chi connectivity index (χ0n) is 21.8. The minimum atomic E-state index is -0.794. The van der Waals surface area contributed by atoms with Crippen molar-refractivity contribution in [3.05, 3.63) is 105 Å². The van der Waals surface area contributed by atoms with E-state index in [4.69, 9.17) is 23.2 Å². The first-order chi connectivity index (χ1) is 18.2. The Hall–Kier alpha value is -3.61.